The minimum atomic E-state index is -0.406. The third-order valence-electron chi connectivity index (χ3n) is 3.77. The molecule has 25 heavy (non-hydrogen) atoms. The molecular weight excluding hydrogens is 316 g/mol. The summed E-state index contributed by atoms with van der Waals surface area (Å²) < 4.78 is 1.18. The second kappa shape index (κ2) is 8.05. The SMILES string of the molecule is CC(C)CC(CC(C)C)=NNC(=O)c1nn(C)c(=O)c2ccccc12. The van der Waals surface area contributed by atoms with Gasteiger partial charge in [0.15, 0.2) is 5.69 Å². The Kier molecular flexibility index (Phi) is 6.07. The average Bonchev–Trinajstić information content (AvgIpc) is 2.54. The fraction of sp³-hybridized carbons (Fsp3) is 0.474. The van der Waals surface area contributed by atoms with Crippen molar-refractivity contribution in [1.82, 2.24) is 15.2 Å². The van der Waals surface area contributed by atoms with E-state index in [0.717, 1.165) is 18.6 Å². The Labute approximate surface area is 147 Å². The van der Waals surface area contributed by atoms with Crippen molar-refractivity contribution >= 4 is 22.4 Å². The van der Waals surface area contributed by atoms with E-state index in [2.05, 4.69) is 43.3 Å². The van der Waals surface area contributed by atoms with Crippen LogP contribution in [0.3, 0.4) is 0 Å². The number of aromatic nitrogens is 2. The number of fused-ring (bicyclic) bond motifs is 1. The number of nitrogens with zero attached hydrogens (tertiary/aromatic N) is 3. The largest absolute Gasteiger partial charge is 0.292 e. The van der Waals surface area contributed by atoms with Gasteiger partial charge in [-0.3, -0.25) is 9.59 Å². The van der Waals surface area contributed by atoms with Crippen LogP contribution >= 0.6 is 0 Å². The predicted octanol–water partition coefficient (Wildman–Crippen LogP) is 3.11. The van der Waals surface area contributed by atoms with Gasteiger partial charge >= 0.3 is 0 Å². The molecule has 0 aliphatic carbocycles. The van der Waals surface area contributed by atoms with Gasteiger partial charge in [-0.05, 0) is 30.7 Å². The number of carbonyl (C=O) groups excluding carboxylic acids is 1. The number of hydrogen-bond donors (Lipinski definition) is 1. The van der Waals surface area contributed by atoms with Crippen LogP contribution in [0.15, 0.2) is 34.2 Å². The van der Waals surface area contributed by atoms with Gasteiger partial charge in [0.05, 0.1) is 5.39 Å². The summed E-state index contributed by atoms with van der Waals surface area (Å²) in [6.45, 7) is 8.50. The number of hydrogen-bond acceptors (Lipinski definition) is 4. The molecule has 6 heteroatoms. The van der Waals surface area contributed by atoms with E-state index in [1.165, 1.54) is 11.7 Å². The Hall–Kier alpha value is -2.50. The van der Waals surface area contributed by atoms with Gasteiger partial charge in [-0.15, -0.1) is 0 Å². The molecule has 0 saturated heterocycles. The Balaban J connectivity index is 2.34. The van der Waals surface area contributed by atoms with E-state index in [1.807, 2.05) is 0 Å². The maximum atomic E-state index is 12.6. The average molecular weight is 342 g/mol. The molecule has 1 amide bonds. The predicted molar refractivity (Wildman–Crippen MR) is 101 cm³/mol. The van der Waals surface area contributed by atoms with Gasteiger partial charge in [0.1, 0.15) is 0 Å². The van der Waals surface area contributed by atoms with E-state index < -0.39 is 5.91 Å². The summed E-state index contributed by atoms with van der Waals surface area (Å²) in [4.78, 5) is 24.8. The highest BCUT2D eigenvalue weighted by Gasteiger charge is 2.15. The molecule has 2 aromatic rings. The first-order valence-corrected chi connectivity index (χ1v) is 8.61. The second-order valence-electron chi connectivity index (χ2n) is 7.14. The minimum Gasteiger partial charge on any atom is -0.267 e. The molecule has 0 saturated carbocycles. The highest BCUT2D eigenvalue weighted by molar-refractivity contribution is 6.05. The van der Waals surface area contributed by atoms with Crippen molar-refractivity contribution in [1.29, 1.82) is 0 Å². The minimum absolute atomic E-state index is 0.204. The summed E-state index contributed by atoms with van der Waals surface area (Å²) in [6.07, 6.45) is 1.67. The first-order valence-electron chi connectivity index (χ1n) is 8.61. The third-order valence-corrected chi connectivity index (χ3v) is 3.77. The molecule has 0 spiro atoms. The molecule has 0 radical (unpaired) electrons. The van der Waals surface area contributed by atoms with E-state index in [1.54, 1.807) is 24.3 Å². The lowest BCUT2D eigenvalue weighted by atomic mass is 9.99. The number of aryl methyl sites for hydroxylation is 1. The monoisotopic (exact) mass is 342 g/mol. The van der Waals surface area contributed by atoms with Crippen LogP contribution in [-0.4, -0.2) is 21.4 Å². The van der Waals surface area contributed by atoms with Crippen LogP contribution in [0.2, 0.25) is 0 Å². The van der Waals surface area contributed by atoms with Crippen molar-refractivity contribution < 1.29 is 4.79 Å². The van der Waals surface area contributed by atoms with Crippen molar-refractivity contribution in [2.45, 2.75) is 40.5 Å². The molecule has 2 rings (SSSR count). The van der Waals surface area contributed by atoms with Crippen LogP contribution in [0, 0.1) is 11.8 Å². The highest BCUT2D eigenvalue weighted by Crippen LogP contribution is 2.13. The lowest BCUT2D eigenvalue weighted by Crippen LogP contribution is -2.28. The molecule has 1 aromatic heterocycles. The molecule has 6 nitrogen and oxygen atoms in total. The van der Waals surface area contributed by atoms with Crippen molar-refractivity contribution in [3.05, 3.63) is 40.3 Å². The zero-order valence-electron chi connectivity index (χ0n) is 15.5. The van der Waals surface area contributed by atoms with E-state index >= 15 is 0 Å². The Morgan fingerprint density at radius 3 is 2.24 bits per heavy atom. The van der Waals surface area contributed by atoms with Gasteiger partial charge in [0.25, 0.3) is 11.5 Å². The molecule has 1 aromatic carbocycles. The van der Waals surface area contributed by atoms with Gasteiger partial charge in [-0.25, -0.2) is 10.1 Å². The smallest absolute Gasteiger partial charge is 0.267 e. The van der Waals surface area contributed by atoms with Crippen molar-refractivity contribution in [2.75, 3.05) is 0 Å². The standard InChI is InChI=1S/C19H26N4O2/c1-12(2)10-14(11-13(3)4)20-21-18(24)17-15-8-6-7-9-16(15)19(25)23(5)22-17/h6-9,12-13H,10-11H2,1-5H3,(H,21,24). The molecule has 0 fully saturated rings. The fourth-order valence-electron chi connectivity index (χ4n) is 2.77. The number of amides is 1. The molecular formula is C19H26N4O2. The van der Waals surface area contributed by atoms with E-state index in [4.69, 9.17) is 0 Å². The second-order valence-corrected chi connectivity index (χ2v) is 7.14. The summed E-state index contributed by atoms with van der Waals surface area (Å²) in [5.74, 6) is 0.522. The van der Waals surface area contributed by atoms with Gasteiger partial charge in [-0.2, -0.15) is 10.2 Å². The first kappa shape index (κ1) is 18.8. The summed E-state index contributed by atoms with van der Waals surface area (Å²) >= 11 is 0. The molecule has 0 aliphatic heterocycles. The number of rotatable bonds is 6. The summed E-state index contributed by atoms with van der Waals surface area (Å²) in [7, 11) is 1.54. The number of nitrogens with one attached hydrogen (secondary N) is 1. The summed E-state index contributed by atoms with van der Waals surface area (Å²) in [6, 6.07) is 6.98. The van der Waals surface area contributed by atoms with Gasteiger partial charge in [-0.1, -0.05) is 45.9 Å². The summed E-state index contributed by atoms with van der Waals surface area (Å²) in [5.41, 5.74) is 3.56. The zero-order chi connectivity index (χ0) is 18.6. The van der Waals surface area contributed by atoms with Crippen LogP contribution in [-0.2, 0) is 7.05 Å². The Morgan fingerprint density at radius 1 is 1.12 bits per heavy atom. The van der Waals surface area contributed by atoms with Gasteiger partial charge < -0.3 is 0 Å². The van der Waals surface area contributed by atoms with Crippen molar-refractivity contribution in [3.8, 4) is 0 Å². The van der Waals surface area contributed by atoms with Crippen LogP contribution in [0.25, 0.3) is 10.8 Å². The lowest BCUT2D eigenvalue weighted by molar-refractivity contribution is 0.0949. The molecule has 0 bridgehead atoms. The quantitative estimate of drug-likeness (QED) is 0.647. The van der Waals surface area contributed by atoms with E-state index in [9.17, 15) is 9.59 Å². The fourth-order valence-corrected chi connectivity index (χ4v) is 2.77. The molecule has 1 N–H and O–H groups in total. The van der Waals surface area contributed by atoms with Crippen LogP contribution in [0.1, 0.15) is 51.0 Å². The topological polar surface area (TPSA) is 76.3 Å². The van der Waals surface area contributed by atoms with Crippen LogP contribution < -0.4 is 11.0 Å². The number of carbonyl (C=O) groups is 1. The van der Waals surface area contributed by atoms with E-state index in [0.29, 0.717) is 22.6 Å². The lowest BCUT2D eigenvalue weighted by Gasteiger charge is -2.12. The Bertz CT molecular complexity index is 838. The molecule has 134 valence electrons. The highest BCUT2D eigenvalue weighted by atomic mass is 16.2. The van der Waals surface area contributed by atoms with Crippen LogP contribution in [0.4, 0.5) is 0 Å². The molecule has 0 aliphatic rings. The zero-order valence-corrected chi connectivity index (χ0v) is 15.5. The summed E-state index contributed by atoms with van der Waals surface area (Å²) in [5, 5.41) is 9.46. The number of benzene rings is 1. The third kappa shape index (κ3) is 4.75. The number of hydrazone groups is 1. The van der Waals surface area contributed by atoms with Crippen molar-refractivity contribution in [2.24, 2.45) is 24.0 Å². The normalized spacial score (nSPS) is 11.2. The van der Waals surface area contributed by atoms with E-state index in [-0.39, 0.29) is 11.3 Å². The van der Waals surface area contributed by atoms with Crippen molar-refractivity contribution in [3.63, 3.8) is 0 Å². The maximum Gasteiger partial charge on any atom is 0.292 e. The Morgan fingerprint density at radius 2 is 1.68 bits per heavy atom. The van der Waals surface area contributed by atoms with Gasteiger partial charge in [0, 0.05) is 18.1 Å². The van der Waals surface area contributed by atoms with Gasteiger partial charge in [0.2, 0.25) is 0 Å². The van der Waals surface area contributed by atoms with Crippen LogP contribution in [0.5, 0.6) is 0 Å². The molecule has 0 atom stereocenters. The molecule has 1 heterocycles. The molecule has 0 unspecified atom stereocenters. The maximum absolute atomic E-state index is 12.6. The first-order chi connectivity index (χ1) is 11.8.